The van der Waals surface area contributed by atoms with E-state index in [1.807, 2.05) is 11.4 Å². The van der Waals surface area contributed by atoms with Gasteiger partial charge in [0.25, 0.3) is 0 Å². The molecule has 0 atom stereocenters. The van der Waals surface area contributed by atoms with E-state index in [4.69, 9.17) is 5.11 Å². The molecule has 1 aromatic carbocycles. The third-order valence-electron chi connectivity index (χ3n) is 2.27. The Morgan fingerprint density at radius 2 is 2.20 bits per heavy atom. The topological polar surface area (TPSA) is 57.5 Å². The third-order valence-corrected chi connectivity index (χ3v) is 3.33. The Labute approximate surface area is 90.6 Å². The van der Waals surface area contributed by atoms with Crippen LogP contribution in [-0.4, -0.2) is 16.2 Å². The average Bonchev–Trinajstić information content (AvgIpc) is 2.59. The molecule has 2 rings (SSSR count). The zero-order chi connectivity index (χ0) is 10.8. The number of aromatic hydroxyl groups is 1. The van der Waals surface area contributed by atoms with Crippen molar-refractivity contribution in [1.29, 1.82) is 0 Å². The molecule has 2 aromatic rings. The van der Waals surface area contributed by atoms with Gasteiger partial charge in [-0.1, -0.05) is 12.1 Å². The number of carboxylic acid groups (broad SMARTS) is 1. The van der Waals surface area contributed by atoms with E-state index >= 15 is 0 Å². The van der Waals surface area contributed by atoms with Crippen molar-refractivity contribution in [3.05, 3.63) is 29.1 Å². The molecular weight excluding hydrogens is 212 g/mol. The monoisotopic (exact) mass is 222 g/mol. The molecule has 0 aliphatic heterocycles. The lowest BCUT2D eigenvalue weighted by Gasteiger charge is -1.97. The Bertz CT molecular complexity index is 502. The van der Waals surface area contributed by atoms with Gasteiger partial charge in [-0.05, 0) is 28.8 Å². The molecule has 15 heavy (non-hydrogen) atoms. The molecule has 78 valence electrons. The SMILES string of the molecule is O=C(O)CCc1csc2c(O)cccc12. The van der Waals surface area contributed by atoms with Crippen molar-refractivity contribution < 1.29 is 15.0 Å². The van der Waals surface area contributed by atoms with Crippen molar-refractivity contribution in [3.8, 4) is 5.75 Å². The summed E-state index contributed by atoms with van der Waals surface area (Å²) in [7, 11) is 0. The molecule has 0 aliphatic carbocycles. The van der Waals surface area contributed by atoms with E-state index in [9.17, 15) is 9.90 Å². The summed E-state index contributed by atoms with van der Waals surface area (Å²) >= 11 is 1.45. The number of fused-ring (bicyclic) bond motifs is 1. The Morgan fingerprint density at radius 3 is 2.93 bits per heavy atom. The molecule has 0 unspecified atom stereocenters. The molecule has 1 heterocycles. The smallest absolute Gasteiger partial charge is 0.303 e. The van der Waals surface area contributed by atoms with Gasteiger partial charge < -0.3 is 10.2 Å². The largest absolute Gasteiger partial charge is 0.506 e. The number of phenols is 1. The molecule has 0 radical (unpaired) electrons. The summed E-state index contributed by atoms with van der Waals surface area (Å²) in [4.78, 5) is 10.5. The number of phenolic OH excluding ortho intramolecular Hbond substituents is 1. The highest BCUT2D eigenvalue weighted by atomic mass is 32.1. The molecule has 0 spiro atoms. The molecule has 0 amide bonds. The fraction of sp³-hybridized carbons (Fsp3) is 0.182. The quantitative estimate of drug-likeness (QED) is 0.839. The maximum absolute atomic E-state index is 10.5. The van der Waals surface area contributed by atoms with E-state index in [-0.39, 0.29) is 12.2 Å². The minimum absolute atomic E-state index is 0.126. The van der Waals surface area contributed by atoms with E-state index in [0.717, 1.165) is 15.6 Å². The van der Waals surface area contributed by atoms with Crippen molar-refractivity contribution >= 4 is 27.4 Å². The number of hydrogen-bond acceptors (Lipinski definition) is 3. The van der Waals surface area contributed by atoms with Gasteiger partial charge in [0.1, 0.15) is 5.75 Å². The van der Waals surface area contributed by atoms with E-state index in [1.165, 1.54) is 11.3 Å². The number of carboxylic acids is 1. The lowest BCUT2D eigenvalue weighted by atomic mass is 10.1. The standard InChI is InChI=1S/C11H10O3S/c12-9-3-1-2-8-7(4-5-10(13)14)6-15-11(8)9/h1-3,6,12H,4-5H2,(H,13,14). The van der Waals surface area contributed by atoms with Gasteiger partial charge >= 0.3 is 5.97 Å². The van der Waals surface area contributed by atoms with Crippen LogP contribution in [0.15, 0.2) is 23.6 Å². The first-order valence-electron chi connectivity index (χ1n) is 4.58. The summed E-state index contributed by atoms with van der Waals surface area (Å²) in [5.74, 6) is -0.534. The minimum Gasteiger partial charge on any atom is -0.506 e. The molecular formula is C11H10O3S. The highest BCUT2D eigenvalue weighted by Crippen LogP contribution is 2.33. The van der Waals surface area contributed by atoms with Gasteiger partial charge in [0, 0.05) is 6.42 Å². The number of rotatable bonds is 3. The van der Waals surface area contributed by atoms with Crippen LogP contribution in [0.2, 0.25) is 0 Å². The molecule has 0 saturated carbocycles. The Kier molecular flexibility index (Phi) is 2.60. The van der Waals surface area contributed by atoms with Gasteiger partial charge in [0.15, 0.2) is 0 Å². The normalized spacial score (nSPS) is 10.7. The lowest BCUT2D eigenvalue weighted by Crippen LogP contribution is -1.96. The van der Waals surface area contributed by atoms with Gasteiger partial charge in [0.2, 0.25) is 0 Å². The first-order valence-corrected chi connectivity index (χ1v) is 5.46. The minimum atomic E-state index is -0.797. The van der Waals surface area contributed by atoms with Crippen LogP contribution in [0.1, 0.15) is 12.0 Å². The summed E-state index contributed by atoms with van der Waals surface area (Å²) in [5, 5.41) is 21.0. The van der Waals surface area contributed by atoms with Crippen LogP contribution in [0.3, 0.4) is 0 Å². The number of thiophene rings is 1. The fourth-order valence-corrected chi connectivity index (χ4v) is 2.55. The number of aliphatic carboxylic acids is 1. The predicted molar refractivity (Wildman–Crippen MR) is 59.4 cm³/mol. The Hall–Kier alpha value is -1.55. The van der Waals surface area contributed by atoms with E-state index in [1.54, 1.807) is 12.1 Å². The van der Waals surface area contributed by atoms with E-state index in [2.05, 4.69) is 0 Å². The van der Waals surface area contributed by atoms with Crippen LogP contribution in [0.4, 0.5) is 0 Å². The first-order chi connectivity index (χ1) is 7.18. The lowest BCUT2D eigenvalue weighted by molar-refractivity contribution is -0.136. The second kappa shape index (κ2) is 3.90. The van der Waals surface area contributed by atoms with Crippen molar-refractivity contribution in [2.24, 2.45) is 0 Å². The van der Waals surface area contributed by atoms with Gasteiger partial charge in [0.05, 0.1) is 4.70 Å². The third kappa shape index (κ3) is 1.94. The van der Waals surface area contributed by atoms with Crippen LogP contribution in [-0.2, 0) is 11.2 Å². The van der Waals surface area contributed by atoms with Crippen LogP contribution in [0, 0.1) is 0 Å². The maximum atomic E-state index is 10.5. The molecule has 0 fully saturated rings. The fourth-order valence-electron chi connectivity index (χ4n) is 1.53. The predicted octanol–water partition coefficient (Wildman–Crippen LogP) is 2.62. The average molecular weight is 222 g/mol. The molecule has 1 aromatic heterocycles. The van der Waals surface area contributed by atoms with Gasteiger partial charge in [-0.2, -0.15) is 0 Å². The zero-order valence-electron chi connectivity index (χ0n) is 7.93. The van der Waals surface area contributed by atoms with Gasteiger partial charge in [-0.3, -0.25) is 4.79 Å². The number of hydrogen-bond donors (Lipinski definition) is 2. The van der Waals surface area contributed by atoms with Crippen molar-refractivity contribution in [2.75, 3.05) is 0 Å². The Balaban J connectivity index is 2.37. The number of aryl methyl sites for hydroxylation is 1. The van der Waals surface area contributed by atoms with E-state index < -0.39 is 5.97 Å². The van der Waals surface area contributed by atoms with E-state index in [0.29, 0.717) is 6.42 Å². The Morgan fingerprint density at radius 1 is 1.40 bits per heavy atom. The summed E-state index contributed by atoms with van der Waals surface area (Å²) in [6.07, 6.45) is 0.639. The second-order valence-corrected chi connectivity index (χ2v) is 4.19. The zero-order valence-corrected chi connectivity index (χ0v) is 8.75. The molecule has 3 nitrogen and oxygen atoms in total. The highest BCUT2D eigenvalue weighted by Gasteiger charge is 2.08. The second-order valence-electron chi connectivity index (χ2n) is 3.31. The molecule has 4 heteroatoms. The maximum Gasteiger partial charge on any atom is 0.303 e. The summed E-state index contributed by atoms with van der Waals surface area (Å²) in [6.45, 7) is 0. The molecule has 0 bridgehead atoms. The van der Waals surface area contributed by atoms with Gasteiger partial charge in [-0.15, -0.1) is 11.3 Å². The first kappa shape index (κ1) is 9.98. The highest BCUT2D eigenvalue weighted by molar-refractivity contribution is 7.17. The van der Waals surface area contributed by atoms with Crippen LogP contribution in [0.25, 0.3) is 10.1 Å². The molecule has 0 saturated heterocycles. The van der Waals surface area contributed by atoms with Gasteiger partial charge in [-0.25, -0.2) is 0 Å². The van der Waals surface area contributed by atoms with Crippen molar-refractivity contribution in [1.82, 2.24) is 0 Å². The summed E-state index contributed by atoms with van der Waals surface area (Å²) in [6, 6.07) is 5.32. The van der Waals surface area contributed by atoms with Crippen molar-refractivity contribution in [3.63, 3.8) is 0 Å². The molecule has 2 N–H and O–H groups in total. The van der Waals surface area contributed by atoms with Crippen LogP contribution >= 0.6 is 11.3 Å². The van der Waals surface area contributed by atoms with Crippen molar-refractivity contribution in [2.45, 2.75) is 12.8 Å². The van der Waals surface area contributed by atoms with Crippen LogP contribution < -0.4 is 0 Å². The summed E-state index contributed by atoms with van der Waals surface area (Å²) < 4.78 is 0.831. The number of carbonyl (C=O) groups is 1. The van der Waals surface area contributed by atoms with Crippen LogP contribution in [0.5, 0.6) is 5.75 Å². The summed E-state index contributed by atoms with van der Waals surface area (Å²) in [5.41, 5.74) is 0.994. The molecule has 0 aliphatic rings. The number of benzene rings is 1.